The molecule has 2 heterocycles. The smallest absolute Gasteiger partial charge is 0.287 e. The third kappa shape index (κ3) is 4.12. The summed E-state index contributed by atoms with van der Waals surface area (Å²) in [6, 6.07) is 11.3. The lowest BCUT2D eigenvalue weighted by atomic mass is 10.0. The number of benzene rings is 1. The Hall–Kier alpha value is -3.81. The number of rotatable bonds is 7. The highest BCUT2D eigenvalue weighted by molar-refractivity contribution is 6.38. The van der Waals surface area contributed by atoms with Crippen molar-refractivity contribution in [3.8, 4) is 11.3 Å². The number of nitrogens with two attached hydrogens (primary N) is 1. The molecule has 0 spiro atoms. The van der Waals surface area contributed by atoms with Crippen molar-refractivity contribution in [1.29, 1.82) is 0 Å². The molecule has 3 aromatic rings. The van der Waals surface area contributed by atoms with Crippen LogP contribution in [0.2, 0.25) is 0 Å². The van der Waals surface area contributed by atoms with Gasteiger partial charge in [-0.15, -0.1) is 0 Å². The highest BCUT2D eigenvalue weighted by Gasteiger charge is 2.29. The number of Topliss-reactive ketones (excluding diaryl/α,β-unsaturated/α-hetero) is 1. The van der Waals surface area contributed by atoms with Gasteiger partial charge in [0.05, 0.1) is 5.69 Å². The third-order valence-electron chi connectivity index (χ3n) is 4.16. The molecule has 0 aliphatic heterocycles. The molecule has 2 aromatic heterocycles. The van der Waals surface area contributed by atoms with E-state index in [0.717, 1.165) is 5.56 Å². The summed E-state index contributed by atoms with van der Waals surface area (Å²) in [6.07, 6.45) is 3.25. The van der Waals surface area contributed by atoms with Gasteiger partial charge >= 0.3 is 0 Å². The number of amides is 2. The van der Waals surface area contributed by atoms with Gasteiger partial charge in [-0.1, -0.05) is 35.5 Å². The lowest BCUT2D eigenvalue weighted by molar-refractivity contribution is -0.137. The molecule has 8 heteroatoms. The van der Waals surface area contributed by atoms with Crippen molar-refractivity contribution in [1.82, 2.24) is 15.5 Å². The fourth-order valence-electron chi connectivity index (χ4n) is 2.79. The minimum Gasteiger partial charge on any atom is -0.363 e. The summed E-state index contributed by atoms with van der Waals surface area (Å²) in [5.41, 5.74) is 7.01. The second kappa shape index (κ2) is 8.26. The second-order valence-corrected chi connectivity index (χ2v) is 6.16. The minimum atomic E-state index is -1.12. The number of pyridine rings is 1. The predicted molar refractivity (Wildman–Crippen MR) is 100 cm³/mol. The summed E-state index contributed by atoms with van der Waals surface area (Å²) in [5, 5.41) is 6.44. The summed E-state index contributed by atoms with van der Waals surface area (Å²) < 4.78 is 5.28. The molecule has 0 bridgehead atoms. The lowest BCUT2D eigenvalue weighted by Crippen LogP contribution is -2.47. The van der Waals surface area contributed by atoms with Crippen molar-refractivity contribution in [2.24, 2.45) is 5.73 Å². The zero-order valence-corrected chi connectivity index (χ0v) is 15.1. The molecule has 0 aliphatic carbocycles. The number of hydrogen-bond acceptors (Lipinski definition) is 6. The largest absolute Gasteiger partial charge is 0.363 e. The van der Waals surface area contributed by atoms with Crippen LogP contribution in [-0.4, -0.2) is 33.8 Å². The van der Waals surface area contributed by atoms with Crippen molar-refractivity contribution in [2.45, 2.75) is 19.4 Å². The summed E-state index contributed by atoms with van der Waals surface area (Å²) in [5.74, 6) is -2.36. The van der Waals surface area contributed by atoms with Crippen LogP contribution < -0.4 is 11.1 Å². The molecule has 0 radical (unpaired) electrons. The van der Waals surface area contributed by atoms with Gasteiger partial charge in [0.1, 0.15) is 11.6 Å². The number of aryl methyl sites for hydroxylation is 1. The number of nitrogens with zero attached hydrogens (tertiary/aromatic N) is 2. The van der Waals surface area contributed by atoms with Crippen molar-refractivity contribution in [3.63, 3.8) is 0 Å². The van der Waals surface area contributed by atoms with Gasteiger partial charge in [0.25, 0.3) is 11.8 Å². The maximum Gasteiger partial charge on any atom is 0.287 e. The normalized spacial score (nSPS) is 11.6. The Morgan fingerprint density at radius 1 is 1.14 bits per heavy atom. The minimum absolute atomic E-state index is 0.126. The maximum atomic E-state index is 12.9. The standard InChI is InChI=1S/C20H18N4O4/c1-12-16(18(28-24-12)14-8-5-9-22-11-14)20(27)23-15(17(25)19(21)26)10-13-6-3-2-4-7-13/h2-9,11,15H,10H2,1H3,(H2,21,26)(H,23,27). The Labute approximate surface area is 160 Å². The van der Waals surface area contributed by atoms with Gasteiger partial charge in [-0.05, 0) is 24.6 Å². The van der Waals surface area contributed by atoms with Crippen LogP contribution >= 0.6 is 0 Å². The highest BCUT2D eigenvalue weighted by Crippen LogP contribution is 2.25. The van der Waals surface area contributed by atoms with E-state index in [0.29, 0.717) is 11.3 Å². The molecule has 1 aromatic carbocycles. The van der Waals surface area contributed by atoms with E-state index >= 15 is 0 Å². The zero-order valence-electron chi connectivity index (χ0n) is 15.1. The Bertz CT molecular complexity index is 1000. The van der Waals surface area contributed by atoms with E-state index in [-0.39, 0.29) is 17.7 Å². The number of carbonyl (C=O) groups excluding carboxylic acids is 3. The second-order valence-electron chi connectivity index (χ2n) is 6.16. The van der Waals surface area contributed by atoms with Crippen LogP contribution in [0.4, 0.5) is 0 Å². The van der Waals surface area contributed by atoms with E-state index in [1.807, 2.05) is 6.07 Å². The molecular weight excluding hydrogens is 360 g/mol. The van der Waals surface area contributed by atoms with Gasteiger partial charge in [-0.25, -0.2) is 0 Å². The molecule has 28 heavy (non-hydrogen) atoms. The Morgan fingerprint density at radius 3 is 2.54 bits per heavy atom. The summed E-state index contributed by atoms with van der Waals surface area (Å²) in [7, 11) is 0. The molecule has 142 valence electrons. The van der Waals surface area contributed by atoms with Crippen LogP contribution in [0.3, 0.4) is 0 Å². The Balaban J connectivity index is 1.89. The first kappa shape index (κ1) is 19.0. The van der Waals surface area contributed by atoms with Gasteiger partial charge in [0.15, 0.2) is 5.76 Å². The first-order valence-corrected chi connectivity index (χ1v) is 8.52. The van der Waals surface area contributed by atoms with E-state index in [4.69, 9.17) is 10.3 Å². The van der Waals surface area contributed by atoms with Crippen LogP contribution in [0.1, 0.15) is 21.6 Å². The van der Waals surface area contributed by atoms with E-state index in [1.54, 1.807) is 49.5 Å². The van der Waals surface area contributed by atoms with Crippen molar-refractivity contribution >= 4 is 17.6 Å². The maximum absolute atomic E-state index is 12.9. The summed E-state index contributed by atoms with van der Waals surface area (Å²) >= 11 is 0. The number of aromatic nitrogens is 2. The van der Waals surface area contributed by atoms with Crippen molar-refractivity contribution in [3.05, 3.63) is 71.7 Å². The number of carbonyl (C=O) groups is 3. The Kier molecular flexibility index (Phi) is 5.59. The van der Waals surface area contributed by atoms with Crippen molar-refractivity contribution in [2.75, 3.05) is 0 Å². The topological polar surface area (TPSA) is 128 Å². The molecule has 1 atom stereocenters. The lowest BCUT2D eigenvalue weighted by Gasteiger charge is -2.16. The third-order valence-corrected chi connectivity index (χ3v) is 4.16. The van der Waals surface area contributed by atoms with Gasteiger partial charge in [-0.2, -0.15) is 0 Å². The first-order chi connectivity index (χ1) is 13.5. The monoisotopic (exact) mass is 378 g/mol. The molecule has 8 nitrogen and oxygen atoms in total. The molecule has 1 unspecified atom stereocenters. The molecule has 0 aliphatic rings. The Morgan fingerprint density at radius 2 is 1.89 bits per heavy atom. The summed E-state index contributed by atoms with van der Waals surface area (Å²) in [4.78, 5) is 40.6. The fraction of sp³-hybridized carbons (Fsp3) is 0.150. The summed E-state index contributed by atoms with van der Waals surface area (Å²) in [6.45, 7) is 1.61. The quantitative estimate of drug-likeness (QED) is 0.599. The van der Waals surface area contributed by atoms with Gasteiger partial charge in [-0.3, -0.25) is 19.4 Å². The molecule has 2 amide bonds. The number of ketones is 1. The predicted octanol–water partition coefficient (Wildman–Crippen LogP) is 1.44. The molecule has 3 rings (SSSR count). The molecule has 0 saturated heterocycles. The van der Waals surface area contributed by atoms with Crippen molar-refractivity contribution < 1.29 is 18.9 Å². The van der Waals surface area contributed by atoms with Crippen LogP contribution in [0.5, 0.6) is 0 Å². The van der Waals surface area contributed by atoms with E-state index in [2.05, 4.69) is 15.5 Å². The average molecular weight is 378 g/mol. The van der Waals surface area contributed by atoms with Crippen LogP contribution in [0.25, 0.3) is 11.3 Å². The van der Waals surface area contributed by atoms with Crippen LogP contribution in [0, 0.1) is 6.92 Å². The average Bonchev–Trinajstić information content (AvgIpc) is 3.10. The molecular formula is C20H18N4O4. The molecule has 3 N–H and O–H groups in total. The number of nitrogens with one attached hydrogen (secondary N) is 1. The molecule has 0 saturated carbocycles. The van der Waals surface area contributed by atoms with Gasteiger partial charge in [0, 0.05) is 24.4 Å². The van der Waals surface area contributed by atoms with Gasteiger partial charge in [0.2, 0.25) is 5.78 Å². The first-order valence-electron chi connectivity index (χ1n) is 8.52. The van der Waals surface area contributed by atoms with Crippen LogP contribution in [0.15, 0.2) is 59.4 Å². The zero-order chi connectivity index (χ0) is 20.1. The fourth-order valence-corrected chi connectivity index (χ4v) is 2.79. The van der Waals surface area contributed by atoms with E-state index in [1.165, 1.54) is 6.20 Å². The number of primary amides is 1. The van der Waals surface area contributed by atoms with Crippen LogP contribution in [-0.2, 0) is 16.0 Å². The highest BCUT2D eigenvalue weighted by atomic mass is 16.5. The SMILES string of the molecule is Cc1noc(-c2cccnc2)c1C(=O)NC(Cc1ccccc1)C(=O)C(N)=O. The number of hydrogen-bond donors (Lipinski definition) is 2. The molecule has 0 fully saturated rings. The van der Waals surface area contributed by atoms with Gasteiger partial charge < -0.3 is 15.6 Å². The van der Waals surface area contributed by atoms with E-state index in [9.17, 15) is 14.4 Å². The van der Waals surface area contributed by atoms with E-state index < -0.39 is 23.6 Å².